The van der Waals surface area contributed by atoms with Crippen LogP contribution in [0.25, 0.3) is 11.3 Å². The maximum Gasteiger partial charge on any atom is 0.247 e. The van der Waals surface area contributed by atoms with Crippen molar-refractivity contribution < 1.29 is 0 Å². The van der Waals surface area contributed by atoms with Crippen LogP contribution in [0.5, 0.6) is 0 Å². The van der Waals surface area contributed by atoms with Crippen LogP contribution >= 0.6 is 11.8 Å². The summed E-state index contributed by atoms with van der Waals surface area (Å²) in [5.41, 5.74) is 1.43. The van der Waals surface area contributed by atoms with E-state index in [1.54, 1.807) is 36.4 Å². The van der Waals surface area contributed by atoms with Crippen LogP contribution in [0.2, 0.25) is 0 Å². The fourth-order valence-electron chi connectivity index (χ4n) is 3.85. The van der Waals surface area contributed by atoms with Crippen molar-refractivity contribution >= 4 is 23.5 Å². The van der Waals surface area contributed by atoms with Gasteiger partial charge in [-0.3, -0.25) is 9.78 Å². The molecule has 0 unspecified atom stereocenters. The molecule has 0 aromatic carbocycles. The molecule has 29 heavy (non-hydrogen) atoms. The maximum absolute atomic E-state index is 11.3. The Morgan fingerprint density at radius 1 is 1.14 bits per heavy atom. The minimum absolute atomic E-state index is 0.134. The molecule has 9 nitrogen and oxygen atoms in total. The van der Waals surface area contributed by atoms with E-state index in [1.165, 1.54) is 6.07 Å². The normalized spacial score (nSPS) is 21.0. The third-order valence-corrected chi connectivity index (χ3v) is 6.30. The van der Waals surface area contributed by atoms with E-state index >= 15 is 0 Å². The van der Waals surface area contributed by atoms with E-state index < -0.39 is 0 Å². The molecule has 3 aromatic heterocycles. The minimum atomic E-state index is -0.134. The van der Waals surface area contributed by atoms with Crippen LogP contribution < -0.4 is 16.2 Å². The molecule has 0 spiro atoms. The zero-order chi connectivity index (χ0) is 19.6. The second kappa shape index (κ2) is 7.86. The van der Waals surface area contributed by atoms with E-state index in [4.69, 9.17) is 0 Å². The van der Waals surface area contributed by atoms with Crippen molar-refractivity contribution in [1.29, 1.82) is 0 Å². The average Bonchev–Trinajstić information content (AvgIpc) is 3.35. The number of aromatic amines is 1. The summed E-state index contributed by atoms with van der Waals surface area (Å²) in [5.74, 6) is 2.58. The topological polar surface area (TPSA) is 113 Å². The number of pyridine rings is 1. The fraction of sp³-hybridized carbons (Fsp3) is 0.421. The summed E-state index contributed by atoms with van der Waals surface area (Å²) in [7, 11) is 0. The average molecular weight is 411 g/mol. The third-order valence-electron chi connectivity index (χ3n) is 5.25. The molecule has 1 aliphatic carbocycles. The lowest BCUT2D eigenvalue weighted by molar-refractivity contribution is 0.539. The number of hydrogen-bond acceptors (Lipinski definition) is 8. The predicted octanol–water partition coefficient (Wildman–Crippen LogP) is 2.36. The molecule has 2 aliphatic rings. The monoisotopic (exact) mass is 410 g/mol. The van der Waals surface area contributed by atoms with E-state index in [9.17, 15) is 4.79 Å². The number of nitrogens with one attached hydrogen (secondary N) is 3. The zero-order valence-electron chi connectivity index (χ0n) is 15.8. The Balaban J connectivity index is 1.25. The number of thioether (sulfide) groups is 1. The van der Waals surface area contributed by atoms with Gasteiger partial charge in [0.05, 0.1) is 0 Å². The number of nitrogens with zero attached hydrogens (tertiary/aromatic N) is 5. The second-order valence-electron chi connectivity index (χ2n) is 7.33. The molecule has 1 saturated carbocycles. The number of hydrogen-bond donors (Lipinski definition) is 3. The highest BCUT2D eigenvalue weighted by atomic mass is 32.2. The van der Waals surface area contributed by atoms with Gasteiger partial charge < -0.3 is 15.6 Å². The first-order valence-electron chi connectivity index (χ1n) is 9.85. The molecule has 1 fully saturated rings. The smallest absolute Gasteiger partial charge is 0.247 e. The number of rotatable bonds is 5. The molecular weight excluding hydrogens is 388 g/mol. The summed E-state index contributed by atoms with van der Waals surface area (Å²) in [5, 5.41) is 12.6. The van der Waals surface area contributed by atoms with Crippen LogP contribution in [0.3, 0.4) is 0 Å². The van der Waals surface area contributed by atoms with Gasteiger partial charge >= 0.3 is 0 Å². The van der Waals surface area contributed by atoms with E-state index in [0.29, 0.717) is 6.04 Å². The van der Waals surface area contributed by atoms with Gasteiger partial charge in [0.15, 0.2) is 11.0 Å². The molecule has 5 rings (SSSR count). The van der Waals surface area contributed by atoms with Crippen LogP contribution in [-0.2, 0) is 6.54 Å². The van der Waals surface area contributed by atoms with Crippen molar-refractivity contribution in [3.05, 3.63) is 41.1 Å². The summed E-state index contributed by atoms with van der Waals surface area (Å²) in [6.07, 6.45) is 9.18. The van der Waals surface area contributed by atoms with Crippen molar-refractivity contribution in [2.45, 2.75) is 49.5 Å². The van der Waals surface area contributed by atoms with Gasteiger partial charge in [0.2, 0.25) is 11.5 Å². The van der Waals surface area contributed by atoms with Crippen LogP contribution in [0.1, 0.15) is 25.7 Å². The molecule has 10 heteroatoms. The van der Waals surface area contributed by atoms with Gasteiger partial charge in [0.1, 0.15) is 5.69 Å². The van der Waals surface area contributed by atoms with Gasteiger partial charge in [-0.05, 0) is 31.7 Å². The highest BCUT2D eigenvalue weighted by molar-refractivity contribution is 7.99. The summed E-state index contributed by atoms with van der Waals surface area (Å²) >= 11 is 1.77. The molecule has 2 atom stereocenters. The Bertz CT molecular complexity index is 1020. The Morgan fingerprint density at radius 3 is 2.83 bits per heavy atom. The predicted molar refractivity (Wildman–Crippen MR) is 112 cm³/mol. The number of aryl methyl sites for hydroxylation is 1. The lowest BCUT2D eigenvalue weighted by atomic mass is 10.2. The van der Waals surface area contributed by atoms with Crippen molar-refractivity contribution in [1.82, 2.24) is 29.7 Å². The van der Waals surface area contributed by atoms with E-state index in [0.717, 1.165) is 66.2 Å². The molecule has 4 heterocycles. The highest BCUT2D eigenvalue weighted by Gasteiger charge is 2.27. The van der Waals surface area contributed by atoms with Gasteiger partial charge in [0.25, 0.3) is 0 Å². The van der Waals surface area contributed by atoms with Crippen LogP contribution in [0.4, 0.5) is 11.8 Å². The van der Waals surface area contributed by atoms with Crippen LogP contribution in [0, 0.1) is 0 Å². The van der Waals surface area contributed by atoms with Gasteiger partial charge in [-0.25, -0.2) is 9.67 Å². The van der Waals surface area contributed by atoms with E-state index in [1.807, 2.05) is 4.68 Å². The van der Waals surface area contributed by atoms with Gasteiger partial charge in [0, 0.05) is 54.6 Å². The van der Waals surface area contributed by atoms with E-state index in [-0.39, 0.29) is 11.6 Å². The molecule has 0 amide bonds. The number of fused-ring (bicyclic) bond motifs is 1. The standard InChI is InChI=1S/C19H22N8OS/c28-15-5-2-12(11-22-15)16-17(21-7-6-20-16)23-13-3-4-14(10-13)24-18-25-19-27(26-18)8-1-9-29-19/h2,5-7,11,13-14H,1,3-4,8-10H2,(H,21,23)(H,22,28)(H,24,26)/t13-,14-/m0/s1. The fourth-order valence-corrected chi connectivity index (χ4v) is 4.74. The third kappa shape index (κ3) is 3.98. The van der Waals surface area contributed by atoms with Crippen LogP contribution in [-0.4, -0.2) is 47.6 Å². The van der Waals surface area contributed by atoms with E-state index in [2.05, 4.69) is 35.7 Å². The first kappa shape index (κ1) is 18.2. The molecule has 0 saturated heterocycles. The molecular formula is C19H22N8OS. The molecule has 3 N–H and O–H groups in total. The Kier molecular flexibility index (Phi) is 4.92. The molecule has 150 valence electrons. The quantitative estimate of drug-likeness (QED) is 0.587. The molecule has 0 bridgehead atoms. The number of aromatic nitrogens is 6. The first-order valence-corrected chi connectivity index (χ1v) is 10.8. The van der Waals surface area contributed by atoms with Gasteiger partial charge in [-0.2, -0.15) is 4.98 Å². The van der Waals surface area contributed by atoms with Crippen molar-refractivity contribution in [2.75, 3.05) is 16.4 Å². The Labute approximate surface area is 171 Å². The molecule has 3 aromatic rings. The summed E-state index contributed by atoms with van der Waals surface area (Å²) in [6.45, 7) is 0.950. The first-order chi connectivity index (χ1) is 14.2. The largest absolute Gasteiger partial charge is 0.365 e. The SMILES string of the molecule is O=c1ccc(-c2nccnc2N[C@H]2CC[C@H](Nc3nc4n(n3)CCCS4)C2)c[nH]1. The molecule has 0 radical (unpaired) electrons. The van der Waals surface area contributed by atoms with Crippen molar-refractivity contribution in [3.63, 3.8) is 0 Å². The van der Waals surface area contributed by atoms with Crippen molar-refractivity contribution in [2.24, 2.45) is 0 Å². The van der Waals surface area contributed by atoms with Gasteiger partial charge in [-0.15, -0.1) is 5.10 Å². The second-order valence-corrected chi connectivity index (χ2v) is 8.40. The molecule has 1 aliphatic heterocycles. The highest BCUT2D eigenvalue weighted by Crippen LogP contribution is 2.29. The Hall–Kier alpha value is -2.88. The maximum atomic E-state index is 11.3. The minimum Gasteiger partial charge on any atom is -0.365 e. The van der Waals surface area contributed by atoms with Crippen LogP contribution in [0.15, 0.2) is 40.7 Å². The lowest BCUT2D eigenvalue weighted by Crippen LogP contribution is -2.22. The Morgan fingerprint density at radius 2 is 2.00 bits per heavy atom. The lowest BCUT2D eigenvalue weighted by Gasteiger charge is -2.16. The summed E-state index contributed by atoms with van der Waals surface area (Å²) < 4.78 is 2.00. The zero-order valence-corrected chi connectivity index (χ0v) is 16.7. The summed E-state index contributed by atoms with van der Waals surface area (Å²) in [6, 6.07) is 3.88. The summed E-state index contributed by atoms with van der Waals surface area (Å²) in [4.78, 5) is 27.6. The van der Waals surface area contributed by atoms with Crippen molar-refractivity contribution in [3.8, 4) is 11.3 Å². The number of H-pyrrole nitrogens is 1. The number of anilines is 2. The van der Waals surface area contributed by atoms with Gasteiger partial charge in [-0.1, -0.05) is 11.8 Å².